The molecular formula is C22H24N6O2. The van der Waals surface area contributed by atoms with Crippen LogP contribution in [0.4, 0.5) is 0 Å². The Balaban J connectivity index is 1.50. The second-order valence-corrected chi connectivity index (χ2v) is 8.27. The van der Waals surface area contributed by atoms with Gasteiger partial charge < -0.3 is 9.42 Å². The number of likely N-dealkylation sites (tertiary alicyclic amines) is 1. The van der Waals surface area contributed by atoms with Crippen LogP contribution in [0.5, 0.6) is 0 Å². The predicted octanol–water partition coefficient (Wildman–Crippen LogP) is 3.72. The van der Waals surface area contributed by atoms with Crippen LogP contribution in [0.2, 0.25) is 0 Å². The molecule has 4 aromatic heterocycles. The second kappa shape index (κ2) is 7.19. The van der Waals surface area contributed by atoms with Gasteiger partial charge in [0.2, 0.25) is 0 Å². The molecule has 0 bridgehead atoms. The number of aryl methyl sites for hydroxylation is 1. The van der Waals surface area contributed by atoms with Crippen LogP contribution in [-0.4, -0.2) is 48.6 Å². The molecule has 1 amide bonds. The van der Waals surface area contributed by atoms with E-state index in [0.29, 0.717) is 28.9 Å². The zero-order valence-corrected chi connectivity index (χ0v) is 17.4. The minimum absolute atomic E-state index is 0.00544. The highest BCUT2D eigenvalue weighted by molar-refractivity contribution is 6.06. The summed E-state index contributed by atoms with van der Waals surface area (Å²) in [5.74, 6) is 1.23. The molecule has 154 valence electrons. The average molecular weight is 404 g/mol. The normalized spacial score (nSPS) is 17.3. The minimum Gasteiger partial charge on any atom is -0.338 e. The van der Waals surface area contributed by atoms with E-state index in [1.807, 2.05) is 46.7 Å². The monoisotopic (exact) mass is 404 g/mol. The number of aromatic nitrogens is 5. The van der Waals surface area contributed by atoms with E-state index < -0.39 is 0 Å². The molecule has 1 fully saturated rings. The van der Waals surface area contributed by atoms with Gasteiger partial charge in [-0.1, -0.05) is 25.1 Å². The van der Waals surface area contributed by atoms with Crippen molar-refractivity contribution in [2.24, 2.45) is 0 Å². The lowest BCUT2D eigenvalue weighted by atomic mass is 9.95. The fourth-order valence-corrected chi connectivity index (χ4v) is 4.26. The number of rotatable bonds is 3. The molecule has 0 radical (unpaired) electrons. The third-order valence-electron chi connectivity index (χ3n) is 5.87. The van der Waals surface area contributed by atoms with Gasteiger partial charge in [0.05, 0.1) is 16.6 Å². The molecule has 1 aliphatic rings. The van der Waals surface area contributed by atoms with Crippen LogP contribution >= 0.6 is 0 Å². The van der Waals surface area contributed by atoms with Gasteiger partial charge >= 0.3 is 0 Å². The van der Waals surface area contributed by atoms with Crippen LogP contribution in [0.1, 0.15) is 66.1 Å². The Morgan fingerprint density at radius 2 is 2.13 bits per heavy atom. The quantitative estimate of drug-likeness (QED) is 0.517. The first-order valence-corrected chi connectivity index (χ1v) is 10.4. The van der Waals surface area contributed by atoms with Crippen molar-refractivity contribution in [2.75, 3.05) is 13.1 Å². The van der Waals surface area contributed by atoms with E-state index in [2.05, 4.69) is 34.2 Å². The fraction of sp³-hybridized carbons (Fsp3) is 0.409. The lowest BCUT2D eigenvalue weighted by molar-refractivity contribution is 0.0706. The smallest absolute Gasteiger partial charge is 0.259 e. The molecule has 1 saturated heterocycles. The second-order valence-electron chi connectivity index (χ2n) is 8.27. The van der Waals surface area contributed by atoms with Crippen LogP contribution in [0, 0.1) is 6.92 Å². The number of hydrogen-bond donors (Lipinski definition) is 0. The number of pyridine rings is 2. The maximum Gasteiger partial charge on any atom is 0.259 e. The first kappa shape index (κ1) is 18.7. The summed E-state index contributed by atoms with van der Waals surface area (Å²) in [6.45, 7) is 7.29. The number of amides is 1. The highest BCUT2D eigenvalue weighted by atomic mass is 16.5. The number of piperidine rings is 1. The molecule has 0 N–H and O–H groups in total. The zero-order chi connectivity index (χ0) is 20.8. The summed E-state index contributed by atoms with van der Waals surface area (Å²) >= 11 is 0. The predicted molar refractivity (Wildman–Crippen MR) is 111 cm³/mol. The molecule has 8 nitrogen and oxygen atoms in total. The van der Waals surface area contributed by atoms with Gasteiger partial charge in [0.1, 0.15) is 5.82 Å². The maximum absolute atomic E-state index is 13.6. The van der Waals surface area contributed by atoms with E-state index in [4.69, 9.17) is 4.52 Å². The van der Waals surface area contributed by atoms with Crippen LogP contribution in [0.25, 0.3) is 16.7 Å². The largest absolute Gasteiger partial charge is 0.338 e. The molecule has 8 heteroatoms. The molecule has 0 spiro atoms. The summed E-state index contributed by atoms with van der Waals surface area (Å²) < 4.78 is 7.41. The van der Waals surface area contributed by atoms with E-state index in [0.717, 1.165) is 36.6 Å². The Bertz CT molecular complexity index is 1240. The number of carbonyl (C=O) groups is 1. The SMILES string of the molecule is Cc1noc2nc(C(C)C)cc(C(=O)N3CCCC(c4nnc5ccccn45)C3)c12. The van der Waals surface area contributed by atoms with Crippen molar-refractivity contribution in [3.05, 3.63) is 53.2 Å². The summed E-state index contributed by atoms with van der Waals surface area (Å²) in [4.78, 5) is 20.1. The first-order valence-electron chi connectivity index (χ1n) is 10.4. The van der Waals surface area contributed by atoms with E-state index in [1.165, 1.54) is 0 Å². The van der Waals surface area contributed by atoms with Crippen LogP contribution in [0.3, 0.4) is 0 Å². The molecule has 1 aliphatic heterocycles. The van der Waals surface area contributed by atoms with Crippen LogP contribution < -0.4 is 0 Å². The Labute approximate surface area is 173 Å². The summed E-state index contributed by atoms with van der Waals surface area (Å²) in [7, 11) is 0. The Morgan fingerprint density at radius 3 is 2.97 bits per heavy atom. The van der Waals surface area contributed by atoms with Gasteiger partial charge in [-0.25, -0.2) is 4.98 Å². The molecular weight excluding hydrogens is 380 g/mol. The number of fused-ring (bicyclic) bond motifs is 2. The van der Waals surface area contributed by atoms with Crippen molar-refractivity contribution in [3.63, 3.8) is 0 Å². The van der Waals surface area contributed by atoms with Crippen LogP contribution in [-0.2, 0) is 0 Å². The summed E-state index contributed by atoms with van der Waals surface area (Å²) in [6.07, 6.45) is 3.88. The molecule has 4 aromatic rings. The van der Waals surface area contributed by atoms with E-state index in [1.54, 1.807) is 0 Å². The van der Waals surface area contributed by atoms with Gasteiger partial charge in [-0.05, 0) is 43.9 Å². The highest BCUT2D eigenvalue weighted by Gasteiger charge is 2.30. The molecule has 0 aromatic carbocycles. The Hall–Kier alpha value is -3.29. The van der Waals surface area contributed by atoms with E-state index in [-0.39, 0.29) is 17.7 Å². The van der Waals surface area contributed by atoms with Gasteiger partial charge in [-0.3, -0.25) is 9.20 Å². The van der Waals surface area contributed by atoms with Crippen molar-refractivity contribution >= 4 is 22.7 Å². The van der Waals surface area contributed by atoms with Crippen molar-refractivity contribution in [3.8, 4) is 0 Å². The zero-order valence-electron chi connectivity index (χ0n) is 17.4. The fourth-order valence-electron chi connectivity index (χ4n) is 4.26. The highest BCUT2D eigenvalue weighted by Crippen LogP contribution is 2.30. The minimum atomic E-state index is -0.00544. The third-order valence-corrected chi connectivity index (χ3v) is 5.87. The van der Waals surface area contributed by atoms with Crippen molar-refractivity contribution in [2.45, 2.75) is 45.4 Å². The Kier molecular flexibility index (Phi) is 4.49. The van der Waals surface area contributed by atoms with Gasteiger partial charge in [0, 0.05) is 30.9 Å². The van der Waals surface area contributed by atoms with Gasteiger partial charge in [-0.15, -0.1) is 10.2 Å². The maximum atomic E-state index is 13.6. The van der Waals surface area contributed by atoms with Gasteiger partial charge in [0.15, 0.2) is 5.65 Å². The van der Waals surface area contributed by atoms with Crippen LogP contribution in [0.15, 0.2) is 35.0 Å². The van der Waals surface area contributed by atoms with Crippen molar-refractivity contribution in [1.82, 2.24) is 29.6 Å². The topological polar surface area (TPSA) is 89.4 Å². The summed E-state index contributed by atoms with van der Waals surface area (Å²) in [5.41, 5.74) is 3.40. The van der Waals surface area contributed by atoms with Crippen molar-refractivity contribution in [1.29, 1.82) is 0 Å². The lowest BCUT2D eigenvalue weighted by Gasteiger charge is -2.32. The number of hydrogen-bond acceptors (Lipinski definition) is 6. The average Bonchev–Trinajstić information content (AvgIpc) is 3.36. The molecule has 5 rings (SSSR count). The molecule has 1 atom stereocenters. The van der Waals surface area contributed by atoms with E-state index >= 15 is 0 Å². The lowest BCUT2D eigenvalue weighted by Crippen LogP contribution is -2.39. The molecule has 1 unspecified atom stereocenters. The van der Waals surface area contributed by atoms with Gasteiger partial charge in [-0.2, -0.15) is 0 Å². The van der Waals surface area contributed by atoms with E-state index in [9.17, 15) is 4.79 Å². The van der Waals surface area contributed by atoms with Gasteiger partial charge in [0.25, 0.3) is 11.6 Å². The first-order chi connectivity index (χ1) is 14.5. The van der Waals surface area contributed by atoms with Crippen molar-refractivity contribution < 1.29 is 9.32 Å². The molecule has 0 saturated carbocycles. The standard InChI is InChI=1S/C22H24N6O2/c1-13(2)17-11-16(19-14(3)26-30-21(19)23-17)22(29)27-9-6-7-15(12-27)20-25-24-18-8-4-5-10-28(18)20/h4-5,8,10-11,13,15H,6-7,9,12H2,1-3H3. The summed E-state index contributed by atoms with van der Waals surface area (Å²) in [5, 5.41) is 13.4. The molecule has 5 heterocycles. The molecule has 30 heavy (non-hydrogen) atoms. The Morgan fingerprint density at radius 1 is 1.27 bits per heavy atom. The molecule has 0 aliphatic carbocycles. The number of carbonyl (C=O) groups excluding carboxylic acids is 1. The third kappa shape index (κ3) is 3.03. The number of nitrogens with zero attached hydrogens (tertiary/aromatic N) is 6. The summed E-state index contributed by atoms with van der Waals surface area (Å²) in [6, 6.07) is 7.77.